The first-order chi connectivity index (χ1) is 11.2. The van der Waals surface area contributed by atoms with Crippen LogP contribution in [-0.4, -0.2) is 31.2 Å². The van der Waals surface area contributed by atoms with Crippen LogP contribution in [0, 0.1) is 0 Å². The van der Waals surface area contributed by atoms with E-state index >= 15 is 0 Å². The molecule has 1 aliphatic rings. The monoisotopic (exact) mass is 312 g/mol. The molecule has 0 saturated heterocycles. The lowest BCUT2D eigenvalue weighted by Gasteiger charge is -2.21. The molecule has 3 rings (SSSR count). The average Bonchev–Trinajstić information content (AvgIpc) is 2.60. The summed E-state index contributed by atoms with van der Waals surface area (Å²) in [7, 11) is 1.77. The van der Waals surface area contributed by atoms with Gasteiger partial charge in [-0.15, -0.1) is 0 Å². The molecule has 2 amide bonds. The second kappa shape index (κ2) is 7.05. The van der Waals surface area contributed by atoms with Crippen LogP contribution in [0.3, 0.4) is 0 Å². The van der Waals surface area contributed by atoms with Crippen molar-refractivity contribution in [3.8, 4) is 11.5 Å². The van der Waals surface area contributed by atoms with Gasteiger partial charge in [-0.3, -0.25) is 0 Å². The molecule has 5 heteroatoms. The highest BCUT2D eigenvalue weighted by molar-refractivity contribution is 5.73. The smallest absolute Gasteiger partial charge is 0.317 e. The minimum absolute atomic E-state index is 0.108. The maximum atomic E-state index is 12.2. The van der Waals surface area contributed by atoms with Crippen molar-refractivity contribution in [1.82, 2.24) is 10.2 Å². The maximum Gasteiger partial charge on any atom is 0.317 e. The average molecular weight is 312 g/mol. The van der Waals surface area contributed by atoms with Crippen molar-refractivity contribution >= 4 is 6.03 Å². The molecule has 1 N–H and O–H groups in total. The van der Waals surface area contributed by atoms with Gasteiger partial charge in [-0.1, -0.05) is 36.4 Å². The Morgan fingerprint density at radius 1 is 1.04 bits per heavy atom. The first-order valence-corrected chi connectivity index (χ1v) is 7.64. The predicted octanol–water partition coefficient (Wildman–Crippen LogP) is 2.80. The lowest BCUT2D eigenvalue weighted by atomic mass is 10.2. The van der Waals surface area contributed by atoms with Gasteiger partial charge in [0.05, 0.1) is 0 Å². The van der Waals surface area contributed by atoms with E-state index in [1.54, 1.807) is 11.9 Å². The van der Waals surface area contributed by atoms with Gasteiger partial charge in [-0.2, -0.15) is 0 Å². The van der Waals surface area contributed by atoms with E-state index in [9.17, 15) is 4.79 Å². The highest BCUT2D eigenvalue weighted by Gasteiger charge is 2.14. The summed E-state index contributed by atoms with van der Waals surface area (Å²) >= 11 is 0. The molecule has 0 radical (unpaired) electrons. The lowest BCUT2D eigenvalue weighted by molar-refractivity contribution is 0.171. The van der Waals surface area contributed by atoms with Gasteiger partial charge in [0, 0.05) is 20.1 Å². The van der Waals surface area contributed by atoms with Crippen LogP contribution in [-0.2, 0) is 13.1 Å². The van der Waals surface area contributed by atoms with Gasteiger partial charge in [0.25, 0.3) is 0 Å². The number of nitrogens with zero attached hydrogens (tertiary/aromatic N) is 1. The predicted molar refractivity (Wildman–Crippen MR) is 87.6 cm³/mol. The van der Waals surface area contributed by atoms with Crippen molar-refractivity contribution < 1.29 is 14.3 Å². The maximum absolute atomic E-state index is 12.2. The van der Waals surface area contributed by atoms with Crippen LogP contribution in [0.1, 0.15) is 11.1 Å². The van der Waals surface area contributed by atoms with Crippen molar-refractivity contribution in [2.24, 2.45) is 0 Å². The zero-order valence-electron chi connectivity index (χ0n) is 13.1. The molecule has 0 atom stereocenters. The van der Waals surface area contributed by atoms with Crippen molar-refractivity contribution in [2.45, 2.75) is 13.1 Å². The Kier molecular flexibility index (Phi) is 4.66. The number of rotatable bonds is 4. The molecule has 0 unspecified atom stereocenters. The van der Waals surface area contributed by atoms with Gasteiger partial charge in [-0.25, -0.2) is 4.79 Å². The van der Waals surface area contributed by atoms with E-state index in [-0.39, 0.29) is 6.03 Å². The number of urea groups is 1. The zero-order chi connectivity index (χ0) is 16.1. The van der Waals surface area contributed by atoms with Crippen molar-refractivity contribution in [3.63, 3.8) is 0 Å². The van der Waals surface area contributed by atoms with Crippen molar-refractivity contribution in [1.29, 1.82) is 0 Å². The number of carbonyl (C=O) groups excluding carboxylic acids is 1. The molecule has 0 fully saturated rings. The van der Waals surface area contributed by atoms with E-state index in [1.807, 2.05) is 48.5 Å². The van der Waals surface area contributed by atoms with E-state index in [1.165, 1.54) is 0 Å². The van der Waals surface area contributed by atoms with Crippen LogP contribution in [0.2, 0.25) is 0 Å². The third kappa shape index (κ3) is 3.94. The van der Waals surface area contributed by atoms with Crippen LogP contribution in [0.25, 0.3) is 0 Å². The second-order valence-electron chi connectivity index (χ2n) is 5.48. The SMILES string of the molecule is CN(Cc1ccc2c(c1)OCCO2)C(=O)NCc1ccccc1. The molecule has 2 aromatic carbocycles. The molecule has 2 aromatic rings. The number of fused-ring (bicyclic) bond motifs is 1. The van der Waals surface area contributed by atoms with E-state index < -0.39 is 0 Å². The molecule has 0 bridgehead atoms. The summed E-state index contributed by atoms with van der Waals surface area (Å²) in [5, 5.41) is 2.91. The van der Waals surface area contributed by atoms with Crippen LogP contribution < -0.4 is 14.8 Å². The molecule has 1 heterocycles. The largest absolute Gasteiger partial charge is 0.486 e. The number of nitrogens with one attached hydrogen (secondary N) is 1. The van der Waals surface area contributed by atoms with E-state index in [0.29, 0.717) is 26.3 Å². The standard InChI is InChI=1S/C18H20N2O3/c1-20(18(21)19-12-14-5-3-2-4-6-14)13-15-7-8-16-17(11-15)23-10-9-22-16/h2-8,11H,9-10,12-13H2,1H3,(H,19,21). The minimum Gasteiger partial charge on any atom is -0.486 e. The van der Waals surface area contributed by atoms with E-state index in [4.69, 9.17) is 9.47 Å². The number of ether oxygens (including phenoxy) is 2. The fourth-order valence-corrected chi connectivity index (χ4v) is 2.44. The number of benzene rings is 2. The van der Waals surface area contributed by atoms with Crippen molar-refractivity contribution in [3.05, 3.63) is 59.7 Å². The van der Waals surface area contributed by atoms with Gasteiger partial charge in [0.2, 0.25) is 0 Å². The first kappa shape index (κ1) is 15.2. The summed E-state index contributed by atoms with van der Waals surface area (Å²) in [5.74, 6) is 1.50. The van der Waals surface area contributed by atoms with Gasteiger partial charge in [0.1, 0.15) is 13.2 Å². The Bertz CT molecular complexity index is 673. The summed E-state index contributed by atoms with van der Waals surface area (Å²) in [6.07, 6.45) is 0. The van der Waals surface area contributed by atoms with Gasteiger partial charge >= 0.3 is 6.03 Å². The fourth-order valence-electron chi connectivity index (χ4n) is 2.44. The van der Waals surface area contributed by atoms with Crippen LogP contribution in [0.5, 0.6) is 11.5 Å². The minimum atomic E-state index is -0.108. The van der Waals surface area contributed by atoms with Gasteiger partial charge < -0.3 is 19.7 Å². The fraction of sp³-hybridized carbons (Fsp3) is 0.278. The Hall–Kier alpha value is -2.69. The molecule has 0 saturated carbocycles. The molecule has 5 nitrogen and oxygen atoms in total. The number of carbonyl (C=O) groups is 1. The number of hydrogen-bond donors (Lipinski definition) is 1. The molecule has 23 heavy (non-hydrogen) atoms. The lowest BCUT2D eigenvalue weighted by Crippen LogP contribution is -2.36. The molecule has 0 aromatic heterocycles. The van der Waals surface area contributed by atoms with Crippen molar-refractivity contribution in [2.75, 3.05) is 20.3 Å². The van der Waals surface area contributed by atoms with E-state index in [0.717, 1.165) is 22.6 Å². The highest BCUT2D eigenvalue weighted by Crippen LogP contribution is 2.30. The molecular weight excluding hydrogens is 292 g/mol. The summed E-state index contributed by atoms with van der Waals surface area (Å²) in [5.41, 5.74) is 2.08. The Morgan fingerprint density at radius 3 is 2.57 bits per heavy atom. The van der Waals surface area contributed by atoms with Gasteiger partial charge in [-0.05, 0) is 23.3 Å². The third-order valence-corrected chi connectivity index (χ3v) is 3.66. The van der Waals surface area contributed by atoms with Crippen LogP contribution >= 0.6 is 0 Å². The van der Waals surface area contributed by atoms with E-state index in [2.05, 4.69) is 5.32 Å². The van der Waals surface area contributed by atoms with Gasteiger partial charge in [0.15, 0.2) is 11.5 Å². The van der Waals surface area contributed by atoms with Crippen LogP contribution in [0.4, 0.5) is 4.79 Å². The number of amides is 2. The Labute approximate surface area is 135 Å². The second-order valence-corrected chi connectivity index (χ2v) is 5.48. The molecule has 0 aliphatic carbocycles. The molecular formula is C18H20N2O3. The molecule has 1 aliphatic heterocycles. The Morgan fingerprint density at radius 2 is 1.78 bits per heavy atom. The quantitative estimate of drug-likeness (QED) is 0.944. The zero-order valence-corrected chi connectivity index (χ0v) is 13.1. The normalized spacial score (nSPS) is 12.6. The summed E-state index contributed by atoms with van der Waals surface area (Å²) in [6, 6.07) is 15.5. The molecule has 120 valence electrons. The van der Waals surface area contributed by atoms with Crippen LogP contribution in [0.15, 0.2) is 48.5 Å². The third-order valence-electron chi connectivity index (χ3n) is 3.66. The Balaban J connectivity index is 1.55. The first-order valence-electron chi connectivity index (χ1n) is 7.64. The topological polar surface area (TPSA) is 50.8 Å². The summed E-state index contributed by atoms with van der Waals surface area (Å²) < 4.78 is 11.1. The summed E-state index contributed by atoms with van der Waals surface area (Å²) in [6.45, 7) is 2.17. The highest BCUT2D eigenvalue weighted by atomic mass is 16.6. The number of hydrogen-bond acceptors (Lipinski definition) is 3. The summed E-state index contributed by atoms with van der Waals surface area (Å²) in [4.78, 5) is 13.8. The molecule has 0 spiro atoms.